The molecule has 0 saturated heterocycles. The molecule has 7 N–H and O–H groups in total. The van der Waals surface area contributed by atoms with E-state index in [4.69, 9.17) is 16.2 Å². The van der Waals surface area contributed by atoms with Crippen molar-refractivity contribution in [3.63, 3.8) is 0 Å². The molecule has 2 atom stereocenters. The number of aliphatic hydroxyl groups is 2. The monoisotopic (exact) mass is 548 g/mol. The number of aromatic hydroxyl groups is 1. The van der Waals surface area contributed by atoms with Crippen LogP contribution in [0.1, 0.15) is 61.9 Å². The smallest absolute Gasteiger partial charge is 0.163 e. The summed E-state index contributed by atoms with van der Waals surface area (Å²) >= 11 is 0. The third-order valence-electron chi connectivity index (χ3n) is 7.18. The number of ether oxygens (including phenoxy) is 1. The molecule has 2 aliphatic rings. The Hall–Kier alpha value is -3.50. The van der Waals surface area contributed by atoms with Crippen LogP contribution in [0.3, 0.4) is 0 Å². The summed E-state index contributed by atoms with van der Waals surface area (Å²) in [4.78, 5) is 18.9. The number of aryl methyl sites for hydroxylation is 1. The first-order chi connectivity index (χ1) is 19.2. The number of Topliss-reactive ketones (excluding diaryl/α,β-unsaturated/α-hetero) is 1. The number of allylic oxidation sites excluding steroid dienone is 1. The molecule has 0 unspecified atom stereocenters. The van der Waals surface area contributed by atoms with E-state index in [0.717, 1.165) is 46.4 Å². The highest BCUT2D eigenvalue weighted by molar-refractivity contribution is 5.87. The van der Waals surface area contributed by atoms with Crippen LogP contribution in [0.25, 0.3) is 0 Å². The molecule has 40 heavy (non-hydrogen) atoms. The van der Waals surface area contributed by atoms with Crippen LogP contribution in [0.5, 0.6) is 11.5 Å². The van der Waals surface area contributed by atoms with Gasteiger partial charge in [0, 0.05) is 37.4 Å². The summed E-state index contributed by atoms with van der Waals surface area (Å²) in [5.41, 5.74) is 17.7. The normalized spacial score (nSPS) is 15.9. The summed E-state index contributed by atoms with van der Waals surface area (Å²) in [5.74, 6) is 0.304. The van der Waals surface area contributed by atoms with Crippen molar-refractivity contribution in [2.24, 2.45) is 16.5 Å². The van der Waals surface area contributed by atoms with Gasteiger partial charge in [0.2, 0.25) is 0 Å². The van der Waals surface area contributed by atoms with E-state index < -0.39 is 18.4 Å². The minimum absolute atomic E-state index is 0.0259. The van der Waals surface area contributed by atoms with Crippen LogP contribution in [0.4, 0.5) is 0 Å². The van der Waals surface area contributed by atoms with E-state index in [0.29, 0.717) is 25.1 Å². The first-order valence-corrected chi connectivity index (χ1v) is 13.9. The quantitative estimate of drug-likeness (QED) is 0.213. The summed E-state index contributed by atoms with van der Waals surface area (Å²) < 4.78 is 5.94. The van der Waals surface area contributed by atoms with E-state index in [2.05, 4.69) is 4.99 Å². The molecule has 2 aliphatic heterocycles. The van der Waals surface area contributed by atoms with Gasteiger partial charge in [0.1, 0.15) is 5.78 Å². The lowest BCUT2D eigenvalue weighted by Gasteiger charge is -2.18. The highest BCUT2D eigenvalue weighted by atomic mass is 16.5. The van der Waals surface area contributed by atoms with E-state index in [-0.39, 0.29) is 37.5 Å². The average molecular weight is 549 g/mol. The Morgan fingerprint density at radius 2 is 1.95 bits per heavy atom. The number of nitrogens with two attached hydrogens (primary N) is 2. The molecule has 0 aromatic heterocycles. The van der Waals surface area contributed by atoms with Gasteiger partial charge < -0.3 is 36.4 Å². The molecule has 0 radical (unpaired) electrons. The summed E-state index contributed by atoms with van der Waals surface area (Å²) in [6.07, 6.45) is 5.05. The maximum Gasteiger partial charge on any atom is 0.163 e. The molecule has 214 valence electrons. The first kappa shape index (κ1) is 29.5. The Labute approximate surface area is 235 Å². The second kappa shape index (κ2) is 13.7. The van der Waals surface area contributed by atoms with Crippen LogP contribution < -0.4 is 16.2 Å². The zero-order chi connectivity index (χ0) is 28.6. The fraction of sp³-hybridized carbons (Fsp3) is 0.419. The van der Waals surface area contributed by atoms with Crippen molar-refractivity contribution in [1.29, 1.82) is 0 Å². The first-order valence-electron chi connectivity index (χ1n) is 13.9. The fourth-order valence-corrected chi connectivity index (χ4v) is 5.03. The van der Waals surface area contributed by atoms with Crippen molar-refractivity contribution >= 4 is 12.0 Å². The summed E-state index contributed by atoms with van der Waals surface area (Å²) in [6, 6.07) is 13.0. The molecule has 0 bridgehead atoms. The molecular formula is C31H40N4O5. The molecule has 0 spiro atoms. The summed E-state index contributed by atoms with van der Waals surface area (Å²) in [5, 5.41) is 30.3. The van der Waals surface area contributed by atoms with Crippen molar-refractivity contribution in [3.05, 3.63) is 82.2 Å². The fourth-order valence-electron chi connectivity index (χ4n) is 5.03. The molecule has 0 aliphatic carbocycles. The van der Waals surface area contributed by atoms with Crippen LogP contribution >= 0.6 is 0 Å². The Balaban J connectivity index is 1.28. The Morgan fingerprint density at radius 3 is 2.73 bits per heavy atom. The number of hydrogen-bond acceptors (Lipinski definition) is 9. The molecular weight excluding hydrogens is 508 g/mol. The van der Waals surface area contributed by atoms with Crippen molar-refractivity contribution in [3.8, 4) is 11.5 Å². The number of rotatable bonds is 15. The number of aliphatic imine (C=N–C) groups is 1. The largest absolute Gasteiger partial charge is 0.504 e. The van der Waals surface area contributed by atoms with Crippen LogP contribution in [-0.4, -0.2) is 57.7 Å². The maximum atomic E-state index is 12.3. The number of aliphatic hydroxyl groups excluding tert-OH is 2. The lowest BCUT2D eigenvalue weighted by atomic mass is 9.99. The molecule has 0 amide bonds. The number of phenols is 1. The highest BCUT2D eigenvalue weighted by Gasteiger charge is 2.25. The number of benzene rings is 2. The lowest BCUT2D eigenvalue weighted by molar-refractivity contribution is -0.121. The van der Waals surface area contributed by atoms with Crippen molar-refractivity contribution in [1.82, 2.24) is 4.90 Å². The van der Waals surface area contributed by atoms with Crippen LogP contribution in [0.2, 0.25) is 0 Å². The van der Waals surface area contributed by atoms with Gasteiger partial charge in [-0.1, -0.05) is 43.7 Å². The van der Waals surface area contributed by atoms with Gasteiger partial charge in [-0.2, -0.15) is 0 Å². The number of hydrogen-bond donors (Lipinski definition) is 5. The average Bonchev–Trinajstić information content (AvgIpc) is 3.48. The zero-order valence-corrected chi connectivity index (χ0v) is 23.0. The number of fused-ring (bicyclic) bond motifs is 1. The molecule has 2 heterocycles. The minimum Gasteiger partial charge on any atom is -0.504 e. The molecule has 9 heteroatoms. The van der Waals surface area contributed by atoms with Gasteiger partial charge in [0.25, 0.3) is 0 Å². The van der Waals surface area contributed by atoms with Crippen LogP contribution in [-0.2, 0) is 17.6 Å². The van der Waals surface area contributed by atoms with Gasteiger partial charge in [-0.25, -0.2) is 0 Å². The number of carbonyl (C=O) groups excluding carboxylic acids is 1. The molecule has 2 aromatic rings. The van der Waals surface area contributed by atoms with E-state index in [1.165, 1.54) is 0 Å². The van der Waals surface area contributed by atoms with Gasteiger partial charge in [0.05, 0.1) is 24.1 Å². The molecule has 0 saturated carbocycles. The lowest BCUT2D eigenvalue weighted by Crippen LogP contribution is -2.22. The van der Waals surface area contributed by atoms with Gasteiger partial charge in [-0.3, -0.25) is 9.79 Å². The third-order valence-corrected chi connectivity index (χ3v) is 7.18. The standard InChI is InChI=1S/C31H40N4O5/c1-2-4-24(36)14-26(38)15-25(37)9-7-20-8-10-29(39)30(13-20)40-19-35-17-27-23(16-34-28(27)18-35)12-21-5-3-6-22(11-21)31(32)33/h3,5-6,8,10-11,13,16,18,24,26,31,36,38-39H,2,4,7,9,12,14-15,17,19,32-33H2,1H3/t24-,26+/m0/s1. The predicted molar refractivity (Wildman–Crippen MR) is 155 cm³/mol. The minimum atomic E-state index is -0.837. The van der Waals surface area contributed by atoms with Crippen molar-refractivity contribution in [2.75, 3.05) is 13.3 Å². The van der Waals surface area contributed by atoms with Crippen molar-refractivity contribution in [2.45, 2.75) is 70.2 Å². The van der Waals surface area contributed by atoms with E-state index in [1.807, 2.05) is 48.5 Å². The summed E-state index contributed by atoms with van der Waals surface area (Å²) in [7, 11) is 0. The van der Waals surface area contributed by atoms with Gasteiger partial charge in [-0.05, 0) is 60.1 Å². The van der Waals surface area contributed by atoms with Crippen LogP contribution in [0, 0.1) is 0 Å². The molecule has 0 fully saturated rings. The number of nitrogens with zero attached hydrogens (tertiary/aromatic N) is 2. The van der Waals surface area contributed by atoms with Crippen LogP contribution in [0.15, 0.2) is 70.5 Å². The van der Waals surface area contributed by atoms with Gasteiger partial charge in [-0.15, -0.1) is 0 Å². The molecule has 9 nitrogen and oxygen atoms in total. The predicted octanol–water partition coefficient (Wildman–Crippen LogP) is 3.23. The van der Waals surface area contributed by atoms with E-state index >= 15 is 0 Å². The van der Waals surface area contributed by atoms with Crippen molar-refractivity contribution < 1.29 is 24.9 Å². The number of phenolic OH excluding ortho intramolecular Hbond substituents is 1. The SMILES string of the molecule is CCC[C@H](O)C[C@@H](O)CC(=O)CCc1ccc(O)c(OCN2C=C3N=CC(Cc4cccc(C(N)N)c4)=C3C2)c1. The maximum absolute atomic E-state index is 12.3. The Kier molecular flexibility index (Phi) is 10.1. The number of ketones is 1. The Bertz CT molecular complexity index is 1290. The van der Waals surface area contributed by atoms with E-state index in [1.54, 1.807) is 18.2 Å². The topological polar surface area (TPSA) is 155 Å². The second-order valence-corrected chi connectivity index (χ2v) is 10.6. The zero-order valence-electron chi connectivity index (χ0n) is 23.0. The highest BCUT2D eigenvalue weighted by Crippen LogP contribution is 2.32. The second-order valence-electron chi connectivity index (χ2n) is 10.6. The molecule has 2 aromatic carbocycles. The van der Waals surface area contributed by atoms with E-state index in [9.17, 15) is 20.1 Å². The van der Waals surface area contributed by atoms with Gasteiger partial charge >= 0.3 is 0 Å². The molecule has 4 rings (SSSR count). The van der Waals surface area contributed by atoms with Gasteiger partial charge in [0.15, 0.2) is 18.2 Å². The third kappa shape index (κ3) is 8.02. The number of carbonyl (C=O) groups is 1. The Morgan fingerprint density at radius 1 is 1.12 bits per heavy atom. The summed E-state index contributed by atoms with van der Waals surface area (Å²) in [6.45, 7) is 2.84.